The van der Waals surface area contributed by atoms with Crippen molar-refractivity contribution in [3.63, 3.8) is 0 Å². The van der Waals surface area contributed by atoms with Gasteiger partial charge in [0.25, 0.3) is 5.91 Å². The van der Waals surface area contributed by atoms with E-state index in [1.54, 1.807) is 0 Å². The summed E-state index contributed by atoms with van der Waals surface area (Å²) in [6, 6.07) is 3.02. The average molecular weight is 243 g/mol. The molecule has 4 N–H and O–H groups in total. The number of nitrogens with two attached hydrogens (primary N) is 1. The molecule has 0 saturated heterocycles. The second-order valence-electron chi connectivity index (χ2n) is 4.41. The summed E-state index contributed by atoms with van der Waals surface area (Å²) in [4.78, 5) is 15.7. The number of anilines is 1. The number of halogens is 1. The fraction of sp³-hybridized carbons (Fsp3) is 0.400. The first-order valence-corrected chi connectivity index (χ1v) is 5.16. The average Bonchev–Trinajstić information content (AvgIpc) is 2.14. The number of rotatable bonds is 2. The summed E-state index contributed by atoms with van der Waals surface area (Å²) in [5, 5.41) is 3.04. The van der Waals surface area contributed by atoms with E-state index >= 15 is 0 Å². The Bertz CT molecular complexity index is 400. The highest BCUT2D eigenvalue weighted by molar-refractivity contribution is 6.29. The van der Waals surface area contributed by atoms with Gasteiger partial charge in [-0.05, 0) is 32.9 Å². The lowest BCUT2D eigenvalue weighted by Gasteiger charge is -2.20. The van der Waals surface area contributed by atoms with Crippen LogP contribution >= 0.6 is 11.6 Å². The fourth-order valence-electron chi connectivity index (χ4n) is 1.11. The van der Waals surface area contributed by atoms with Crippen LogP contribution in [-0.4, -0.2) is 16.4 Å². The number of hydrazine groups is 1. The first-order chi connectivity index (χ1) is 7.31. The molecule has 1 aromatic rings. The lowest BCUT2D eigenvalue weighted by molar-refractivity contribution is 0.0919. The molecule has 0 radical (unpaired) electrons. The monoisotopic (exact) mass is 242 g/mol. The van der Waals surface area contributed by atoms with Crippen molar-refractivity contribution in [2.45, 2.75) is 26.3 Å². The lowest BCUT2D eigenvalue weighted by atomic mass is 10.1. The van der Waals surface area contributed by atoms with Gasteiger partial charge in [0, 0.05) is 11.1 Å². The summed E-state index contributed by atoms with van der Waals surface area (Å²) in [5.41, 5.74) is 2.47. The van der Waals surface area contributed by atoms with Crippen LogP contribution in [0.1, 0.15) is 31.1 Å². The van der Waals surface area contributed by atoms with E-state index in [1.165, 1.54) is 12.1 Å². The third kappa shape index (κ3) is 3.67. The molecule has 1 amide bonds. The molecule has 0 spiro atoms. The molecule has 0 fully saturated rings. The first-order valence-electron chi connectivity index (χ1n) is 4.78. The van der Waals surface area contributed by atoms with Crippen LogP contribution in [-0.2, 0) is 0 Å². The molecule has 0 bridgehead atoms. The van der Waals surface area contributed by atoms with Crippen molar-refractivity contribution in [2.24, 2.45) is 5.84 Å². The molecule has 0 aliphatic rings. The molecule has 0 aliphatic heterocycles. The summed E-state index contributed by atoms with van der Waals surface area (Å²) in [5.74, 6) is 5.35. The Morgan fingerprint density at radius 3 is 2.56 bits per heavy atom. The SMILES string of the molecule is CC(C)(C)NC(=O)c1cc(Cl)nc(NN)c1. The van der Waals surface area contributed by atoms with Crippen molar-refractivity contribution in [3.8, 4) is 0 Å². The largest absolute Gasteiger partial charge is 0.347 e. The number of amides is 1. The Balaban J connectivity index is 2.95. The number of hydrogen-bond donors (Lipinski definition) is 3. The minimum atomic E-state index is -0.302. The Kier molecular flexibility index (Phi) is 3.72. The standard InChI is InChI=1S/C10H15ClN4O/c1-10(2,3)14-9(16)6-4-7(11)13-8(5-6)15-12/h4-5H,12H2,1-3H3,(H,13,15)(H,14,16). The van der Waals surface area contributed by atoms with Gasteiger partial charge in [0.1, 0.15) is 11.0 Å². The van der Waals surface area contributed by atoms with E-state index in [4.69, 9.17) is 17.4 Å². The van der Waals surface area contributed by atoms with Crippen LogP contribution in [0.2, 0.25) is 5.15 Å². The van der Waals surface area contributed by atoms with E-state index in [0.717, 1.165) is 0 Å². The highest BCUT2D eigenvalue weighted by atomic mass is 35.5. The summed E-state index contributed by atoms with van der Waals surface area (Å²) < 4.78 is 0. The van der Waals surface area contributed by atoms with Gasteiger partial charge in [-0.1, -0.05) is 11.6 Å². The van der Waals surface area contributed by atoms with Crippen LogP contribution in [0.4, 0.5) is 5.82 Å². The van der Waals surface area contributed by atoms with Gasteiger partial charge in [-0.2, -0.15) is 0 Å². The normalized spacial score (nSPS) is 11.1. The number of nitrogens with zero attached hydrogens (tertiary/aromatic N) is 1. The van der Waals surface area contributed by atoms with E-state index in [1.807, 2.05) is 20.8 Å². The first kappa shape index (κ1) is 12.7. The number of carbonyl (C=O) groups is 1. The smallest absolute Gasteiger partial charge is 0.251 e. The van der Waals surface area contributed by atoms with E-state index in [2.05, 4.69) is 15.7 Å². The lowest BCUT2D eigenvalue weighted by Crippen LogP contribution is -2.40. The highest BCUT2D eigenvalue weighted by Crippen LogP contribution is 2.14. The van der Waals surface area contributed by atoms with Crippen LogP contribution in [0, 0.1) is 0 Å². The van der Waals surface area contributed by atoms with Gasteiger partial charge < -0.3 is 10.7 Å². The van der Waals surface area contributed by atoms with Gasteiger partial charge in [-0.15, -0.1) is 0 Å². The van der Waals surface area contributed by atoms with Crippen molar-refractivity contribution in [2.75, 3.05) is 5.43 Å². The zero-order valence-corrected chi connectivity index (χ0v) is 10.2. The minimum absolute atomic E-state index is 0.215. The van der Waals surface area contributed by atoms with Crippen LogP contribution in [0.25, 0.3) is 0 Å². The molecule has 1 aromatic heterocycles. The highest BCUT2D eigenvalue weighted by Gasteiger charge is 2.16. The van der Waals surface area contributed by atoms with E-state index in [-0.39, 0.29) is 16.6 Å². The molecule has 16 heavy (non-hydrogen) atoms. The molecule has 0 unspecified atom stereocenters. The van der Waals surface area contributed by atoms with Crippen molar-refractivity contribution >= 4 is 23.3 Å². The summed E-state index contributed by atoms with van der Waals surface area (Å²) in [6.07, 6.45) is 0. The molecular weight excluding hydrogens is 228 g/mol. The predicted molar refractivity (Wildman–Crippen MR) is 64.3 cm³/mol. The van der Waals surface area contributed by atoms with Crippen molar-refractivity contribution in [1.82, 2.24) is 10.3 Å². The van der Waals surface area contributed by atoms with Gasteiger partial charge in [0.2, 0.25) is 0 Å². The zero-order valence-electron chi connectivity index (χ0n) is 9.47. The number of pyridine rings is 1. The molecule has 88 valence electrons. The fourth-order valence-corrected chi connectivity index (χ4v) is 1.32. The Labute approximate surface area is 99.4 Å². The van der Waals surface area contributed by atoms with E-state index in [0.29, 0.717) is 11.4 Å². The molecular formula is C10H15ClN4O. The number of hydrogen-bond acceptors (Lipinski definition) is 4. The van der Waals surface area contributed by atoms with Gasteiger partial charge in [-0.25, -0.2) is 10.8 Å². The Hall–Kier alpha value is -1.33. The van der Waals surface area contributed by atoms with Crippen LogP contribution < -0.4 is 16.6 Å². The van der Waals surface area contributed by atoms with Crippen molar-refractivity contribution in [1.29, 1.82) is 0 Å². The van der Waals surface area contributed by atoms with Crippen LogP contribution in [0.15, 0.2) is 12.1 Å². The third-order valence-corrected chi connectivity index (χ3v) is 1.89. The summed E-state index contributed by atoms with van der Waals surface area (Å²) in [6.45, 7) is 5.70. The summed E-state index contributed by atoms with van der Waals surface area (Å²) >= 11 is 5.76. The molecule has 0 aliphatic carbocycles. The zero-order chi connectivity index (χ0) is 12.3. The number of nitrogens with one attached hydrogen (secondary N) is 2. The number of carbonyl (C=O) groups excluding carboxylic acids is 1. The van der Waals surface area contributed by atoms with E-state index in [9.17, 15) is 4.79 Å². The van der Waals surface area contributed by atoms with Crippen molar-refractivity contribution in [3.05, 3.63) is 22.8 Å². The molecule has 1 rings (SSSR count). The van der Waals surface area contributed by atoms with Crippen molar-refractivity contribution < 1.29 is 4.79 Å². The third-order valence-electron chi connectivity index (χ3n) is 1.69. The predicted octanol–water partition coefficient (Wildman–Crippen LogP) is 1.55. The molecule has 5 nitrogen and oxygen atoms in total. The van der Waals surface area contributed by atoms with Gasteiger partial charge in [0.05, 0.1) is 0 Å². The van der Waals surface area contributed by atoms with Crippen LogP contribution in [0.5, 0.6) is 0 Å². The van der Waals surface area contributed by atoms with Gasteiger partial charge >= 0.3 is 0 Å². The summed E-state index contributed by atoms with van der Waals surface area (Å²) in [7, 11) is 0. The second-order valence-corrected chi connectivity index (χ2v) is 4.80. The quantitative estimate of drug-likeness (QED) is 0.418. The molecule has 6 heteroatoms. The molecule has 1 heterocycles. The van der Waals surface area contributed by atoms with E-state index < -0.39 is 0 Å². The molecule has 0 atom stereocenters. The molecule has 0 saturated carbocycles. The Morgan fingerprint density at radius 2 is 2.06 bits per heavy atom. The minimum Gasteiger partial charge on any atom is -0.347 e. The van der Waals surface area contributed by atoms with Gasteiger partial charge in [-0.3, -0.25) is 4.79 Å². The van der Waals surface area contributed by atoms with Crippen LogP contribution in [0.3, 0.4) is 0 Å². The maximum absolute atomic E-state index is 11.8. The number of nitrogen functional groups attached to an aromatic ring is 1. The Morgan fingerprint density at radius 1 is 1.44 bits per heavy atom. The maximum Gasteiger partial charge on any atom is 0.251 e. The second kappa shape index (κ2) is 4.67. The maximum atomic E-state index is 11.8. The molecule has 0 aromatic carbocycles. The topological polar surface area (TPSA) is 80.0 Å². The van der Waals surface area contributed by atoms with Gasteiger partial charge in [0.15, 0.2) is 0 Å². The number of aromatic nitrogens is 1.